The average Bonchev–Trinajstić information content (AvgIpc) is 3.39. The van der Waals surface area contributed by atoms with Crippen LogP contribution in [0.5, 0.6) is 0 Å². The summed E-state index contributed by atoms with van der Waals surface area (Å²) in [4.78, 5) is 2.80. The number of rotatable bonds is 16. The fraction of sp³-hybridized carbons (Fsp3) is 0.676. The van der Waals surface area contributed by atoms with Gasteiger partial charge in [-0.25, -0.2) is 0 Å². The lowest BCUT2D eigenvalue weighted by Crippen LogP contribution is -2.31. The molecular weight excluding hydrogens is 581 g/mol. The Labute approximate surface area is 273 Å². The first-order chi connectivity index (χ1) is 19.9. The van der Waals surface area contributed by atoms with Gasteiger partial charge < -0.3 is 14.0 Å². The zero-order valence-corrected chi connectivity index (χ0v) is 32.6. The number of allylic oxidation sites excluding steroid dienone is 2. The van der Waals surface area contributed by atoms with Crippen LogP contribution < -0.4 is 0 Å². The number of aliphatic hydroxyl groups is 1. The Morgan fingerprint density at radius 2 is 1.37 bits per heavy atom. The molecule has 2 atom stereocenters. The van der Waals surface area contributed by atoms with Crippen molar-refractivity contribution < 1.29 is 14.0 Å². The molecule has 2 rings (SSSR count). The molecule has 242 valence electrons. The Kier molecular flexibility index (Phi) is 14.7. The second-order valence-corrected chi connectivity index (χ2v) is 20.1. The van der Waals surface area contributed by atoms with Crippen molar-refractivity contribution in [3.63, 3.8) is 0 Å². The van der Waals surface area contributed by atoms with Gasteiger partial charge in [-0.15, -0.1) is 11.3 Å². The van der Waals surface area contributed by atoms with Gasteiger partial charge in [-0.05, 0) is 116 Å². The summed E-state index contributed by atoms with van der Waals surface area (Å²) in [5.74, 6) is 0. The lowest BCUT2D eigenvalue weighted by Gasteiger charge is -2.39. The Bertz CT molecular complexity index is 1150. The SMILES string of the molecule is CC/C(=C\CCC(O)(CC)CC)c1ccc(CCc2ccc(C(O[Si](C)C)C(C)(C)C)c(C(O[Si](C)C)C(C)(C)C)c2)s1. The monoisotopic (exact) mass is 642 g/mol. The predicted octanol–water partition coefficient (Wildman–Crippen LogP) is 11.4. The number of hydrogen-bond donors (Lipinski definition) is 1. The van der Waals surface area contributed by atoms with Crippen LogP contribution in [0.15, 0.2) is 36.4 Å². The quantitative estimate of drug-likeness (QED) is 0.185. The Balaban J connectivity index is 2.38. The minimum absolute atomic E-state index is 0.0174. The number of benzene rings is 1. The van der Waals surface area contributed by atoms with E-state index in [1.54, 1.807) is 0 Å². The molecule has 2 radical (unpaired) electrons. The van der Waals surface area contributed by atoms with Gasteiger partial charge >= 0.3 is 0 Å². The van der Waals surface area contributed by atoms with E-state index in [2.05, 4.69) is 125 Å². The molecule has 2 aromatic rings. The van der Waals surface area contributed by atoms with E-state index in [0.717, 1.165) is 44.9 Å². The van der Waals surface area contributed by atoms with Gasteiger partial charge in [-0.3, -0.25) is 0 Å². The van der Waals surface area contributed by atoms with Crippen LogP contribution in [0.1, 0.15) is 133 Å². The highest BCUT2D eigenvalue weighted by Gasteiger charge is 2.36. The van der Waals surface area contributed by atoms with Gasteiger partial charge in [-0.1, -0.05) is 86.6 Å². The largest absolute Gasteiger partial charge is 0.410 e. The standard InChI is InChI=1S/C37H62O3SSi2/c1-14-28(18-17-25-37(38,15-2)16-3)32-24-22-29(41-32)21-19-27-20-23-30(33(35(4,5)6)39-42(10)11)31(26-27)34(36(7,8)9)40-43(12)13/h18,20,22-24,26,33-34,38H,14-17,19,21,25H2,1-13H3/b28-18+. The van der Waals surface area contributed by atoms with Crippen molar-refractivity contribution >= 4 is 35.0 Å². The van der Waals surface area contributed by atoms with Crippen molar-refractivity contribution in [2.75, 3.05) is 0 Å². The van der Waals surface area contributed by atoms with Crippen LogP contribution >= 0.6 is 11.3 Å². The maximum absolute atomic E-state index is 10.7. The average molecular weight is 643 g/mol. The summed E-state index contributed by atoms with van der Waals surface area (Å²) in [5.41, 5.74) is 4.79. The van der Waals surface area contributed by atoms with E-state index < -0.39 is 23.7 Å². The third-order valence-electron chi connectivity index (χ3n) is 8.33. The van der Waals surface area contributed by atoms with E-state index in [0.29, 0.717) is 0 Å². The van der Waals surface area contributed by atoms with Gasteiger partial charge in [0.1, 0.15) is 0 Å². The van der Waals surface area contributed by atoms with Crippen LogP contribution in [0.4, 0.5) is 0 Å². The van der Waals surface area contributed by atoms with Crippen molar-refractivity contribution in [3.8, 4) is 0 Å². The zero-order chi connectivity index (χ0) is 32.6. The fourth-order valence-corrected chi connectivity index (χ4v) is 8.64. The summed E-state index contributed by atoms with van der Waals surface area (Å²) in [6.07, 6.45) is 8.84. The second-order valence-electron chi connectivity index (χ2n) is 14.8. The Hall–Kier alpha value is -1.03. The molecule has 2 unspecified atom stereocenters. The topological polar surface area (TPSA) is 38.7 Å². The van der Waals surface area contributed by atoms with Crippen molar-refractivity contribution in [2.45, 2.75) is 151 Å². The van der Waals surface area contributed by atoms with Crippen molar-refractivity contribution in [3.05, 3.63) is 62.9 Å². The normalized spacial score (nSPS) is 15.0. The third-order valence-corrected chi connectivity index (χ3v) is 11.0. The summed E-state index contributed by atoms with van der Waals surface area (Å²) >= 11 is 1.93. The van der Waals surface area contributed by atoms with E-state index in [-0.39, 0.29) is 23.0 Å². The molecule has 0 saturated carbocycles. The summed E-state index contributed by atoms with van der Waals surface area (Å²) in [7, 11) is -1.80. The molecule has 0 saturated heterocycles. The maximum Gasteiger partial charge on any atom is 0.205 e. The molecule has 3 nitrogen and oxygen atoms in total. The lowest BCUT2D eigenvalue weighted by atomic mass is 9.77. The van der Waals surface area contributed by atoms with E-state index in [1.807, 2.05) is 11.3 Å². The second kappa shape index (κ2) is 16.5. The van der Waals surface area contributed by atoms with Crippen LogP contribution in [-0.2, 0) is 21.7 Å². The summed E-state index contributed by atoms with van der Waals surface area (Å²) < 4.78 is 13.5. The molecule has 1 heterocycles. The molecule has 1 N–H and O–H groups in total. The highest BCUT2D eigenvalue weighted by Crippen LogP contribution is 2.45. The first kappa shape index (κ1) is 38.2. The van der Waals surface area contributed by atoms with Crippen LogP contribution in [0, 0.1) is 10.8 Å². The van der Waals surface area contributed by atoms with Gasteiger partial charge in [0.25, 0.3) is 0 Å². The van der Waals surface area contributed by atoms with E-state index in [1.165, 1.54) is 32.0 Å². The lowest BCUT2D eigenvalue weighted by molar-refractivity contribution is 0.0246. The smallest absolute Gasteiger partial charge is 0.205 e. The van der Waals surface area contributed by atoms with Crippen LogP contribution in [0.25, 0.3) is 5.57 Å². The molecule has 0 aliphatic heterocycles. The van der Waals surface area contributed by atoms with Gasteiger partial charge in [0.2, 0.25) is 18.1 Å². The molecule has 1 aromatic carbocycles. The number of aryl methyl sites for hydroxylation is 2. The van der Waals surface area contributed by atoms with E-state index >= 15 is 0 Å². The highest BCUT2D eigenvalue weighted by atomic mass is 32.1. The van der Waals surface area contributed by atoms with Gasteiger partial charge in [0, 0.05) is 9.75 Å². The fourth-order valence-electron chi connectivity index (χ4n) is 5.62. The molecule has 0 amide bonds. The zero-order valence-electron chi connectivity index (χ0n) is 29.7. The summed E-state index contributed by atoms with van der Waals surface area (Å²) in [6, 6.07) is 11.7. The van der Waals surface area contributed by atoms with Crippen LogP contribution in [-0.4, -0.2) is 28.8 Å². The minimum Gasteiger partial charge on any atom is -0.410 e. The molecule has 0 fully saturated rings. The molecule has 6 heteroatoms. The summed E-state index contributed by atoms with van der Waals surface area (Å²) in [6.45, 7) is 29.2. The van der Waals surface area contributed by atoms with Gasteiger partial charge in [0.05, 0.1) is 17.8 Å². The molecule has 0 aliphatic carbocycles. The third kappa shape index (κ3) is 11.7. The van der Waals surface area contributed by atoms with E-state index in [4.69, 9.17) is 8.85 Å². The minimum atomic E-state index is -0.908. The number of hydrogen-bond acceptors (Lipinski definition) is 4. The van der Waals surface area contributed by atoms with Crippen molar-refractivity contribution in [2.24, 2.45) is 10.8 Å². The number of thiophene rings is 1. The highest BCUT2D eigenvalue weighted by molar-refractivity contribution is 7.13. The molecular formula is C37H62O3SSi2. The van der Waals surface area contributed by atoms with E-state index in [9.17, 15) is 5.11 Å². The Morgan fingerprint density at radius 1 is 0.814 bits per heavy atom. The van der Waals surface area contributed by atoms with Crippen LogP contribution in [0.3, 0.4) is 0 Å². The molecule has 43 heavy (non-hydrogen) atoms. The van der Waals surface area contributed by atoms with Gasteiger partial charge in [-0.2, -0.15) is 0 Å². The van der Waals surface area contributed by atoms with Crippen molar-refractivity contribution in [1.82, 2.24) is 0 Å². The van der Waals surface area contributed by atoms with Crippen LogP contribution in [0.2, 0.25) is 26.2 Å². The molecule has 0 spiro atoms. The first-order valence-electron chi connectivity index (χ1n) is 16.5. The maximum atomic E-state index is 10.7. The molecule has 0 aliphatic rings. The predicted molar refractivity (Wildman–Crippen MR) is 193 cm³/mol. The molecule has 0 bridgehead atoms. The Morgan fingerprint density at radius 3 is 1.86 bits per heavy atom. The molecule has 1 aromatic heterocycles. The van der Waals surface area contributed by atoms with Gasteiger partial charge in [0.15, 0.2) is 0 Å². The summed E-state index contributed by atoms with van der Waals surface area (Å²) in [5, 5.41) is 10.7. The van der Waals surface area contributed by atoms with Crippen molar-refractivity contribution in [1.29, 1.82) is 0 Å². The first-order valence-corrected chi connectivity index (χ1v) is 22.1.